The first-order valence-electron chi connectivity index (χ1n) is 5.95. The number of hydrogen-bond acceptors (Lipinski definition) is 4. The van der Waals surface area contributed by atoms with Gasteiger partial charge in [-0.1, -0.05) is 23.9 Å². The molecule has 2 N–H and O–H groups in total. The van der Waals surface area contributed by atoms with E-state index >= 15 is 0 Å². The van der Waals surface area contributed by atoms with E-state index in [2.05, 4.69) is 0 Å². The summed E-state index contributed by atoms with van der Waals surface area (Å²) in [5.41, 5.74) is 6.56. The third-order valence-electron chi connectivity index (χ3n) is 2.76. The van der Waals surface area contributed by atoms with Gasteiger partial charge in [0.1, 0.15) is 5.82 Å². The number of nitrogens with two attached hydrogens (primary N) is 1. The monoisotopic (exact) mass is 292 g/mol. The Bertz CT molecular complexity index is 630. The lowest BCUT2D eigenvalue weighted by atomic mass is 10.1. The summed E-state index contributed by atoms with van der Waals surface area (Å²) < 4.78 is 13.9. The van der Waals surface area contributed by atoms with Crippen molar-refractivity contribution in [2.75, 3.05) is 0 Å². The van der Waals surface area contributed by atoms with Gasteiger partial charge in [0, 0.05) is 23.1 Å². The average molecular weight is 292 g/mol. The molecule has 0 saturated heterocycles. The van der Waals surface area contributed by atoms with E-state index in [0.717, 1.165) is 4.90 Å². The van der Waals surface area contributed by atoms with Crippen LogP contribution in [0.15, 0.2) is 52.3 Å². The van der Waals surface area contributed by atoms with E-state index in [9.17, 15) is 14.5 Å². The highest BCUT2D eigenvalue weighted by molar-refractivity contribution is 7.99. The van der Waals surface area contributed by atoms with E-state index in [1.165, 1.54) is 30.0 Å². The standard InChI is InChI=1S/C14H13FN2O2S/c1-9(16)12-3-2-4-13(15)14(12)20-11-7-5-10(6-8-11)17(18)19/h2-9H,16H2,1H3/t9-/m0/s1. The van der Waals surface area contributed by atoms with Crippen molar-refractivity contribution in [2.45, 2.75) is 22.8 Å². The SMILES string of the molecule is C[C@H](N)c1cccc(F)c1Sc1ccc([N+](=O)[O-])cc1. The molecule has 0 heterocycles. The number of benzene rings is 2. The van der Waals surface area contributed by atoms with Crippen LogP contribution in [0.4, 0.5) is 10.1 Å². The van der Waals surface area contributed by atoms with Crippen LogP contribution in [0.2, 0.25) is 0 Å². The fourth-order valence-corrected chi connectivity index (χ4v) is 2.79. The van der Waals surface area contributed by atoms with E-state index in [1.54, 1.807) is 31.2 Å². The molecule has 2 rings (SSSR count). The number of halogens is 1. The molecule has 104 valence electrons. The van der Waals surface area contributed by atoms with Gasteiger partial charge in [-0.3, -0.25) is 10.1 Å². The second kappa shape index (κ2) is 6.02. The van der Waals surface area contributed by atoms with Crippen LogP contribution in [0.1, 0.15) is 18.5 Å². The van der Waals surface area contributed by atoms with E-state index in [0.29, 0.717) is 10.5 Å². The summed E-state index contributed by atoms with van der Waals surface area (Å²) in [7, 11) is 0. The normalized spacial score (nSPS) is 12.2. The predicted molar refractivity (Wildman–Crippen MR) is 76.2 cm³/mol. The first-order chi connectivity index (χ1) is 9.49. The van der Waals surface area contributed by atoms with E-state index in [1.807, 2.05) is 0 Å². The lowest BCUT2D eigenvalue weighted by molar-refractivity contribution is -0.384. The molecule has 0 radical (unpaired) electrons. The maximum atomic E-state index is 13.9. The molecule has 4 nitrogen and oxygen atoms in total. The highest BCUT2D eigenvalue weighted by atomic mass is 32.2. The van der Waals surface area contributed by atoms with Crippen LogP contribution in [-0.2, 0) is 0 Å². The largest absolute Gasteiger partial charge is 0.324 e. The van der Waals surface area contributed by atoms with Gasteiger partial charge >= 0.3 is 0 Å². The van der Waals surface area contributed by atoms with Crippen LogP contribution in [0, 0.1) is 15.9 Å². The maximum absolute atomic E-state index is 13.9. The molecule has 0 aliphatic carbocycles. The van der Waals surface area contributed by atoms with Crippen LogP contribution in [0.25, 0.3) is 0 Å². The molecule has 0 saturated carbocycles. The van der Waals surface area contributed by atoms with Crippen LogP contribution >= 0.6 is 11.8 Å². The number of nitro benzene ring substituents is 1. The Morgan fingerprint density at radius 2 is 1.90 bits per heavy atom. The highest BCUT2D eigenvalue weighted by Gasteiger charge is 2.13. The van der Waals surface area contributed by atoms with Gasteiger partial charge in [-0.05, 0) is 30.7 Å². The molecular weight excluding hydrogens is 279 g/mol. The molecule has 0 unspecified atom stereocenters. The molecule has 0 spiro atoms. The minimum absolute atomic E-state index is 0.00954. The molecule has 0 bridgehead atoms. The summed E-state index contributed by atoms with van der Waals surface area (Å²) in [6.07, 6.45) is 0. The zero-order chi connectivity index (χ0) is 14.7. The molecular formula is C14H13FN2O2S. The molecule has 0 aliphatic rings. The summed E-state index contributed by atoms with van der Waals surface area (Å²) in [6, 6.07) is 10.5. The quantitative estimate of drug-likeness (QED) is 0.685. The van der Waals surface area contributed by atoms with Crippen molar-refractivity contribution < 1.29 is 9.31 Å². The molecule has 2 aromatic rings. The first kappa shape index (κ1) is 14.5. The van der Waals surface area contributed by atoms with E-state index < -0.39 is 4.92 Å². The van der Waals surface area contributed by atoms with Gasteiger partial charge in [-0.15, -0.1) is 0 Å². The van der Waals surface area contributed by atoms with E-state index in [4.69, 9.17) is 5.73 Å². The zero-order valence-corrected chi connectivity index (χ0v) is 11.6. The lowest BCUT2D eigenvalue weighted by Crippen LogP contribution is -2.07. The molecule has 0 aromatic heterocycles. The number of nitrogens with zero attached hydrogens (tertiary/aromatic N) is 1. The molecule has 2 aromatic carbocycles. The van der Waals surface area contributed by atoms with Gasteiger partial charge in [-0.25, -0.2) is 4.39 Å². The first-order valence-corrected chi connectivity index (χ1v) is 6.77. The van der Waals surface area contributed by atoms with Crippen LogP contribution in [0.5, 0.6) is 0 Å². The fourth-order valence-electron chi connectivity index (χ4n) is 1.75. The summed E-state index contributed by atoms with van der Waals surface area (Å²) in [5.74, 6) is -0.344. The van der Waals surface area contributed by atoms with Crippen LogP contribution in [-0.4, -0.2) is 4.92 Å². The maximum Gasteiger partial charge on any atom is 0.269 e. The van der Waals surface area contributed by atoms with Gasteiger partial charge in [0.2, 0.25) is 0 Å². The topological polar surface area (TPSA) is 69.2 Å². The highest BCUT2D eigenvalue weighted by Crippen LogP contribution is 2.35. The molecule has 1 atom stereocenters. The number of non-ortho nitro benzene ring substituents is 1. The Balaban J connectivity index is 2.32. The van der Waals surface area contributed by atoms with Crippen LogP contribution < -0.4 is 5.73 Å². The van der Waals surface area contributed by atoms with Crippen molar-refractivity contribution in [3.8, 4) is 0 Å². The number of nitro groups is 1. The summed E-state index contributed by atoms with van der Waals surface area (Å²) in [4.78, 5) is 11.3. The van der Waals surface area contributed by atoms with Crippen molar-refractivity contribution in [3.05, 3.63) is 64.0 Å². The van der Waals surface area contributed by atoms with Gasteiger partial charge in [-0.2, -0.15) is 0 Å². The lowest BCUT2D eigenvalue weighted by Gasteiger charge is -2.13. The smallest absolute Gasteiger partial charge is 0.269 e. The minimum atomic E-state index is -0.467. The summed E-state index contributed by atoms with van der Waals surface area (Å²) in [6.45, 7) is 1.79. The van der Waals surface area contributed by atoms with Crippen molar-refractivity contribution in [3.63, 3.8) is 0 Å². The zero-order valence-electron chi connectivity index (χ0n) is 10.7. The molecule has 0 fully saturated rings. The van der Waals surface area contributed by atoms with Gasteiger partial charge in [0.25, 0.3) is 5.69 Å². The molecule has 0 amide bonds. The number of rotatable bonds is 4. The Morgan fingerprint density at radius 1 is 1.25 bits per heavy atom. The van der Waals surface area contributed by atoms with E-state index in [-0.39, 0.29) is 17.5 Å². The van der Waals surface area contributed by atoms with Gasteiger partial charge in [0.15, 0.2) is 0 Å². The summed E-state index contributed by atoms with van der Waals surface area (Å²) >= 11 is 1.21. The second-order valence-electron chi connectivity index (χ2n) is 4.30. The van der Waals surface area contributed by atoms with Crippen molar-refractivity contribution in [1.29, 1.82) is 0 Å². The van der Waals surface area contributed by atoms with Crippen molar-refractivity contribution in [1.82, 2.24) is 0 Å². The molecule has 0 aliphatic heterocycles. The summed E-state index contributed by atoms with van der Waals surface area (Å²) in [5, 5.41) is 10.6. The van der Waals surface area contributed by atoms with Gasteiger partial charge < -0.3 is 5.73 Å². The third-order valence-corrected chi connectivity index (χ3v) is 3.90. The average Bonchev–Trinajstić information content (AvgIpc) is 2.41. The molecule has 6 heteroatoms. The predicted octanol–water partition coefficient (Wildman–Crippen LogP) is 3.90. The number of hydrogen-bond donors (Lipinski definition) is 1. The third kappa shape index (κ3) is 3.15. The van der Waals surface area contributed by atoms with Crippen molar-refractivity contribution >= 4 is 17.4 Å². The Labute approximate surface area is 119 Å². The van der Waals surface area contributed by atoms with Gasteiger partial charge in [0.05, 0.1) is 9.82 Å². The molecule has 20 heavy (non-hydrogen) atoms. The Hall–Kier alpha value is -1.92. The Kier molecular flexibility index (Phi) is 4.36. The Morgan fingerprint density at radius 3 is 2.45 bits per heavy atom. The fraction of sp³-hybridized carbons (Fsp3) is 0.143. The minimum Gasteiger partial charge on any atom is -0.324 e. The second-order valence-corrected chi connectivity index (χ2v) is 5.38. The van der Waals surface area contributed by atoms with Crippen molar-refractivity contribution in [2.24, 2.45) is 5.73 Å². The van der Waals surface area contributed by atoms with Crippen LogP contribution in [0.3, 0.4) is 0 Å².